The van der Waals surface area contributed by atoms with Crippen LogP contribution in [0.3, 0.4) is 0 Å². The number of furan rings is 1. The second kappa shape index (κ2) is 8.33. The highest BCUT2D eigenvalue weighted by Crippen LogP contribution is 2.22. The van der Waals surface area contributed by atoms with E-state index in [0.29, 0.717) is 22.1 Å². The fourth-order valence-electron chi connectivity index (χ4n) is 1.83. The van der Waals surface area contributed by atoms with Crippen LogP contribution in [-0.4, -0.2) is 29.8 Å². The molecule has 0 saturated carbocycles. The number of nitrogens with one attached hydrogen (secondary N) is 1. The minimum absolute atomic E-state index is 0.121. The molecule has 0 radical (unpaired) electrons. The Hall–Kier alpha value is -1.57. The molecule has 0 fully saturated rings. The van der Waals surface area contributed by atoms with Gasteiger partial charge in [-0.2, -0.15) is 0 Å². The lowest BCUT2D eigenvalue weighted by Gasteiger charge is -2.20. The molecule has 2 amide bonds. The fraction of sp³-hybridized carbons (Fsp3) is 0.200. The maximum absolute atomic E-state index is 12.3. The predicted molar refractivity (Wildman–Crippen MR) is 93.7 cm³/mol. The van der Waals surface area contributed by atoms with Gasteiger partial charge in [-0.1, -0.05) is 17.7 Å². The minimum atomic E-state index is -0.443. The van der Waals surface area contributed by atoms with Gasteiger partial charge in [0, 0.05) is 11.4 Å². The van der Waals surface area contributed by atoms with E-state index < -0.39 is 5.91 Å². The van der Waals surface area contributed by atoms with Gasteiger partial charge >= 0.3 is 0 Å². The Bertz CT molecular complexity index is 713. The Morgan fingerprint density at radius 2 is 2.17 bits per heavy atom. The number of carbonyl (C=O) groups is 2. The third-order valence-corrected chi connectivity index (χ3v) is 4.52. The average molecular weight is 418 g/mol. The maximum Gasteiger partial charge on any atom is 0.287 e. The van der Waals surface area contributed by atoms with Crippen LogP contribution in [0.1, 0.15) is 15.4 Å². The van der Waals surface area contributed by atoms with Crippen LogP contribution < -0.4 is 5.32 Å². The second-order valence-corrected chi connectivity index (χ2v) is 7.14. The van der Waals surface area contributed by atoms with Crippen LogP contribution in [0, 0.1) is 0 Å². The number of carbonyl (C=O) groups excluding carboxylic acids is 2. The lowest BCUT2D eigenvalue weighted by atomic mass is 10.3. The van der Waals surface area contributed by atoms with Crippen LogP contribution in [0.4, 0.5) is 0 Å². The lowest BCUT2D eigenvalue weighted by Crippen LogP contribution is -2.39. The SMILES string of the molecule is C=CCN(Cc1ccc(Cl)s1)C(=O)CNC(=O)c1ccc(Br)o1. The molecule has 0 aromatic carbocycles. The highest BCUT2D eigenvalue weighted by Gasteiger charge is 2.16. The van der Waals surface area contributed by atoms with E-state index >= 15 is 0 Å². The van der Waals surface area contributed by atoms with Gasteiger partial charge in [0.15, 0.2) is 10.4 Å². The summed E-state index contributed by atoms with van der Waals surface area (Å²) < 4.78 is 6.26. The number of thiophene rings is 1. The van der Waals surface area contributed by atoms with Crippen molar-refractivity contribution in [1.29, 1.82) is 0 Å². The summed E-state index contributed by atoms with van der Waals surface area (Å²) in [5, 5.41) is 2.54. The first-order chi connectivity index (χ1) is 11.0. The summed E-state index contributed by atoms with van der Waals surface area (Å²) in [4.78, 5) is 26.7. The van der Waals surface area contributed by atoms with E-state index in [1.807, 2.05) is 6.07 Å². The second-order valence-electron chi connectivity index (χ2n) is 4.56. The van der Waals surface area contributed by atoms with E-state index in [0.717, 1.165) is 4.88 Å². The first kappa shape index (κ1) is 17.8. The number of hydrogen-bond acceptors (Lipinski definition) is 4. The quantitative estimate of drug-likeness (QED) is 0.699. The molecule has 0 saturated heterocycles. The number of rotatable bonds is 7. The van der Waals surface area contributed by atoms with Crippen LogP contribution in [0.25, 0.3) is 0 Å². The average Bonchev–Trinajstić information content (AvgIpc) is 3.12. The van der Waals surface area contributed by atoms with Crippen molar-refractivity contribution in [3.8, 4) is 0 Å². The normalized spacial score (nSPS) is 10.3. The van der Waals surface area contributed by atoms with Crippen molar-refractivity contribution < 1.29 is 14.0 Å². The molecule has 5 nitrogen and oxygen atoms in total. The van der Waals surface area contributed by atoms with Crippen LogP contribution in [0.15, 0.2) is 46.0 Å². The zero-order valence-electron chi connectivity index (χ0n) is 12.1. The zero-order chi connectivity index (χ0) is 16.8. The van der Waals surface area contributed by atoms with Crippen molar-refractivity contribution in [2.75, 3.05) is 13.1 Å². The number of halogens is 2. The van der Waals surface area contributed by atoms with E-state index in [1.54, 1.807) is 23.1 Å². The van der Waals surface area contributed by atoms with Gasteiger partial charge in [0.05, 0.1) is 17.4 Å². The molecule has 0 aliphatic rings. The molecule has 2 aromatic heterocycles. The number of nitrogens with zero attached hydrogens (tertiary/aromatic N) is 1. The molecular weight excluding hydrogens is 404 g/mol. The molecule has 0 atom stereocenters. The smallest absolute Gasteiger partial charge is 0.287 e. The molecule has 0 unspecified atom stereocenters. The maximum atomic E-state index is 12.3. The summed E-state index contributed by atoms with van der Waals surface area (Å²) in [6.45, 7) is 4.34. The first-order valence-electron chi connectivity index (χ1n) is 6.66. The highest BCUT2D eigenvalue weighted by molar-refractivity contribution is 9.10. The summed E-state index contributed by atoms with van der Waals surface area (Å²) >= 11 is 10.4. The third-order valence-electron chi connectivity index (χ3n) is 2.87. The fourth-order valence-corrected chi connectivity index (χ4v) is 3.24. The van der Waals surface area contributed by atoms with Crippen LogP contribution >= 0.6 is 38.9 Å². The topological polar surface area (TPSA) is 62.6 Å². The standard InChI is InChI=1S/C15H14BrClN2O3S/c1-2-7-19(9-10-3-6-13(17)23-10)14(20)8-18-15(21)11-4-5-12(16)22-11/h2-6H,1,7-9H2,(H,18,21). The number of amides is 2. The van der Waals surface area contributed by atoms with Crippen molar-refractivity contribution in [3.05, 3.63) is 56.6 Å². The van der Waals surface area contributed by atoms with Gasteiger partial charge in [-0.3, -0.25) is 9.59 Å². The van der Waals surface area contributed by atoms with Crippen LogP contribution in [0.2, 0.25) is 4.34 Å². The molecule has 1 N–H and O–H groups in total. The molecule has 0 bridgehead atoms. The molecule has 0 aliphatic carbocycles. The highest BCUT2D eigenvalue weighted by atomic mass is 79.9. The molecule has 8 heteroatoms. The molecule has 0 spiro atoms. The molecule has 0 aliphatic heterocycles. The zero-order valence-corrected chi connectivity index (χ0v) is 15.2. The molecule has 2 heterocycles. The van der Waals surface area contributed by atoms with Crippen molar-refractivity contribution >= 4 is 50.7 Å². The van der Waals surface area contributed by atoms with E-state index in [4.69, 9.17) is 16.0 Å². The predicted octanol–water partition coefficient (Wildman–Crippen LogP) is 3.70. The Kier molecular flexibility index (Phi) is 6.44. The van der Waals surface area contributed by atoms with Crippen LogP contribution in [-0.2, 0) is 11.3 Å². The van der Waals surface area contributed by atoms with Crippen molar-refractivity contribution in [3.63, 3.8) is 0 Å². The Morgan fingerprint density at radius 3 is 2.74 bits per heavy atom. The molecule has 23 heavy (non-hydrogen) atoms. The van der Waals surface area contributed by atoms with Gasteiger partial charge in [0.1, 0.15) is 0 Å². The molecular formula is C15H14BrClN2O3S. The summed E-state index contributed by atoms with van der Waals surface area (Å²) in [6, 6.07) is 6.80. The Morgan fingerprint density at radius 1 is 1.39 bits per heavy atom. The van der Waals surface area contributed by atoms with Crippen molar-refractivity contribution in [2.24, 2.45) is 0 Å². The first-order valence-corrected chi connectivity index (χ1v) is 8.64. The van der Waals surface area contributed by atoms with Gasteiger partial charge < -0.3 is 14.6 Å². The largest absolute Gasteiger partial charge is 0.444 e. The summed E-state index contributed by atoms with van der Waals surface area (Å²) in [6.07, 6.45) is 1.64. The van der Waals surface area contributed by atoms with Gasteiger partial charge in [0.25, 0.3) is 5.91 Å². The van der Waals surface area contributed by atoms with E-state index in [2.05, 4.69) is 27.8 Å². The Balaban J connectivity index is 1.92. The molecule has 2 aromatic rings. The lowest BCUT2D eigenvalue weighted by molar-refractivity contribution is -0.130. The van der Waals surface area contributed by atoms with Crippen LogP contribution in [0.5, 0.6) is 0 Å². The summed E-state index contributed by atoms with van der Waals surface area (Å²) in [5.74, 6) is -0.514. The summed E-state index contributed by atoms with van der Waals surface area (Å²) in [5.41, 5.74) is 0. The molecule has 2 rings (SSSR count). The van der Waals surface area contributed by atoms with Gasteiger partial charge in [-0.05, 0) is 40.2 Å². The monoisotopic (exact) mass is 416 g/mol. The third kappa shape index (κ3) is 5.23. The van der Waals surface area contributed by atoms with Crippen molar-refractivity contribution in [2.45, 2.75) is 6.54 Å². The van der Waals surface area contributed by atoms with Gasteiger partial charge in [-0.25, -0.2) is 0 Å². The van der Waals surface area contributed by atoms with E-state index in [9.17, 15) is 9.59 Å². The van der Waals surface area contributed by atoms with Crippen molar-refractivity contribution in [1.82, 2.24) is 10.2 Å². The Labute approximate surface area is 151 Å². The van der Waals surface area contributed by atoms with Gasteiger partial charge in [-0.15, -0.1) is 17.9 Å². The van der Waals surface area contributed by atoms with E-state index in [-0.39, 0.29) is 18.2 Å². The number of hydrogen-bond donors (Lipinski definition) is 1. The van der Waals surface area contributed by atoms with Gasteiger partial charge in [0.2, 0.25) is 5.91 Å². The summed E-state index contributed by atoms with van der Waals surface area (Å²) in [7, 11) is 0. The molecule has 122 valence electrons. The minimum Gasteiger partial charge on any atom is -0.444 e. The van der Waals surface area contributed by atoms with E-state index in [1.165, 1.54) is 17.4 Å².